The van der Waals surface area contributed by atoms with Crippen LogP contribution in [-0.4, -0.2) is 4.83 Å². The van der Waals surface area contributed by atoms with Crippen molar-refractivity contribution in [2.45, 2.75) is 30.0 Å². The van der Waals surface area contributed by atoms with E-state index >= 15 is 0 Å². The Bertz CT molecular complexity index is 269. The van der Waals surface area contributed by atoms with Gasteiger partial charge < -0.3 is 0 Å². The van der Waals surface area contributed by atoms with Crippen LogP contribution >= 0.6 is 43.2 Å². The molecule has 0 bridgehead atoms. The molecule has 66 valence electrons. The Kier molecular flexibility index (Phi) is 2.93. The fourth-order valence-electron chi connectivity index (χ4n) is 1.79. The third kappa shape index (κ3) is 1.78. The number of hydrogen-bond acceptors (Lipinski definition) is 1. The minimum atomic E-state index is 0.745. The summed E-state index contributed by atoms with van der Waals surface area (Å²) in [5, 5.41) is 4.46. The third-order valence-electron chi connectivity index (χ3n) is 2.45. The third-order valence-corrected chi connectivity index (χ3v) is 5.03. The van der Waals surface area contributed by atoms with E-state index < -0.39 is 0 Å². The Morgan fingerprint density at radius 2 is 2.17 bits per heavy atom. The van der Waals surface area contributed by atoms with Crippen molar-refractivity contribution >= 4 is 43.2 Å². The smallest absolute Gasteiger partial charge is 0.0317 e. The Hall–Kier alpha value is 0.660. The standard InChI is InChI=1S/C9H10Br2S/c10-7-2-1-6(3-7)8-4-12-5-9(8)11/h4-7H,1-3H2. The van der Waals surface area contributed by atoms with E-state index in [-0.39, 0.29) is 0 Å². The first-order chi connectivity index (χ1) is 5.77. The number of alkyl halides is 1. The van der Waals surface area contributed by atoms with E-state index in [4.69, 9.17) is 0 Å². The average Bonchev–Trinajstić information content (AvgIpc) is 2.58. The summed E-state index contributed by atoms with van der Waals surface area (Å²) < 4.78 is 1.30. The Morgan fingerprint density at radius 3 is 2.67 bits per heavy atom. The highest BCUT2D eigenvalue weighted by Gasteiger charge is 2.25. The van der Waals surface area contributed by atoms with Crippen LogP contribution in [0.5, 0.6) is 0 Å². The summed E-state index contributed by atoms with van der Waals surface area (Å²) in [5.74, 6) is 0.787. The maximum absolute atomic E-state index is 3.68. The van der Waals surface area contributed by atoms with Gasteiger partial charge >= 0.3 is 0 Å². The van der Waals surface area contributed by atoms with Crippen molar-refractivity contribution in [3.8, 4) is 0 Å². The summed E-state index contributed by atoms with van der Waals surface area (Å²) in [5.41, 5.74) is 1.52. The molecule has 3 heteroatoms. The molecule has 0 aliphatic heterocycles. The lowest BCUT2D eigenvalue weighted by atomic mass is 10.0. The van der Waals surface area contributed by atoms with E-state index in [9.17, 15) is 0 Å². The van der Waals surface area contributed by atoms with Gasteiger partial charge in [-0.3, -0.25) is 0 Å². The monoisotopic (exact) mass is 308 g/mol. The van der Waals surface area contributed by atoms with Crippen molar-refractivity contribution in [3.05, 3.63) is 20.8 Å². The zero-order valence-corrected chi connectivity index (χ0v) is 10.6. The predicted octanol–water partition coefficient (Wildman–Crippen LogP) is 4.54. The normalized spacial score (nSPS) is 29.5. The van der Waals surface area contributed by atoms with Crippen molar-refractivity contribution in [3.63, 3.8) is 0 Å². The quantitative estimate of drug-likeness (QED) is 0.668. The first-order valence-corrected chi connectivity index (χ1v) is 6.78. The van der Waals surface area contributed by atoms with Crippen LogP contribution in [0.2, 0.25) is 0 Å². The lowest BCUT2D eigenvalue weighted by Crippen LogP contribution is -1.92. The molecule has 1 fully saturated rings. The second-order valence-electron chi connectivity index (χ2n) is 3.28. The largest absolute Gasteiger partial charge is 0.151 e. The molecular formula is C9H10Br2S. The highest BCUT2D eigenvalue weighted by Crippen LogP contribution is 2.41. The molecule has 1 aromatic rings. The van der Waals surface area contributed by atoms with Crippen molar-refractivity contribution in [2.75, 3.05) is 0 Å². The summed E-state index contributed by atoms with van der Waals surface area (Å²) in [4.78, 5) is 0.745. The van der Waals surface area contributed by atoms with Gasteiger partial charge in [0.05, 0.1) is 0 Å². The lowest BCUT2D eigenvalue weighted by molar-refractivity contribution is 0.725. The molecule has 2 rings (SSSR count). The van der Waals surface area contributed by atoms with E-state index in [2.05, 4.69) is 42.6 Å². The Morgan fingerprint density at radius 1 is 1.33 bits per heavy atom. The second kappa shape index (κ2) is 3.81. The van der Waals surface area contributed by atoms with Crippen LogP contribution in [0.4, 0.5) is 0 Å². The molecule has 1 aliphatic rings. The molecule has 0 amide bonds. The Balaban J connectivity index is 2.16. The van der Waals surface area contributed by atoms with Crippen LogP contribution in [-0.2, 0) is 0 Å². The van der Waals surface area contributed by atoms with Crippen LogP contribution in [0.25, 0.3) is 0 Å². The van der Waals surface area contributed by atoms with Crippen molar-refractivity contribution < 1.29 is 0 Å². The van der Waals surface area contributed by atoms with Gasteiger partial charge in [-0.25, -0.2) is 0 Å². The molecule has 1 aromatic heterocycles. The van der Waals surface area contributed by atoms with E-state index in [0.717, 1.165) is 10.7 Å². The molecule has 0 aromatic carbocycles. The summed E-state index contributed by atoms with van der Waals surface area (Å²) >= 11 is 9.06. The minimum absolute atomic E-state index is 0.745. The highest BCUT2D eigenvalue weighted by molar-refractivity contribution is 9.10. The number of thiophene rings is 1. The fraction of sp³-hybridized carbons (Fsp3) is 0.556. The molecule has 0 N–H and O–H groups in total. The topological polar surface area (TPSA) is 0 Å². The molecule has 0 radical (unpaired) electrons. The summed E-state index contributed by atoms with van der Waals surface area (Å²) in [6.07, 6.45) is 3.97. The zero-order chi connectivity index (χ0) is 8.55. The van der Waals surface area contributed by atoms with E-state index in [1.807, 2.05) is 0 Å². The predicted molar refractivity (Wildman–Crippen MR) is 61.3 cm³/mol. The van der Waals surface area contributed by atoms with E-state index in [0.29, 0.717) is 0 Å². The Labute approximate surface area is 93.6 Å². The molecule has 0 spiro atoms. The summed E-state index contributed by atoms with van der Waals surface area (Å²) in [6, 6.07) is 0. The second-order valence-corrected chi connectivity index (χ2v) is 6.18. The molecular weight excluding hydrogens is 300 g/mol. The molecule has 0 nitrogen and oxygen atoms in total. The van der Waals surface area contributed by atoms with Crippen molar-refractivity contribution in [2.24, 2.45) is 0 Å². The fourth-order valence-corrected chi connectivity index (χ4v) is 4.21. The molecule has 1 saturated carbocycles. The zero-order valence-electron chi connectivity index (χ0n) is 6.59. The van der Waals surface area contributed by atoms with Crippen LogP contribution < -0.4 is 0 Å². The van der Waals surface area contributed by atoms with Gasteiger partial charge in [0.1, 0.15) is 0 Å². The first kappa shape index (κ1) is 9.22. The number of halogens is 2. The highest BCUT2D eigenvalue weighted by atomic mass is 79.9. The maximum atomic E-state index is 3.68. The molecule has 12 heavy (non-hydrogen) atoms. The SMILES string of the molecule is Brc1cscc1C1CCC(Br)C1. The summed E-state index contributed by atoms with van der Waals surface area (Å²) in [6.45, 7) is 0. The van der Waals surface area contributed by atoms with Crippen molar-refractivity contribution in [1.82, 2.24) is 0 Å². The van der Waals surface area contributed by atoms with E-state index in [1.165, 1.54) is 29.3 Å². The molecule has 2 atom stereocenters. The molecule has 0 saturated heterocycles. The van der Waals surface area contributed by atoms with Gasteiger partial charge in [-0.1, -0.05) is 15.9 Å². The summed E-state index contributed by atoms with van der Waals surface area (Å²) in [7, 11) is 0. The van der Waals surface area contributed by atoms with Gasteiger partial charge in [0.2, 0.25) is 0 Å². The van der Waals surface area contributed by atoms with Gasteiger partial charge in [0, 0.05) is 14.7 Å². The van der Waals surface area contributed by atoms with Crippen LogP contribution in [0.3, 0.4) is 0 Å². The average molecular weight is 310 g/mol. The van der Waals surface area contributed by atoms with Crippen LogP contribution in [0.1, 0.15) is 30.7 Å². The van der Waals surface area contributed by atoms with Gasteiger partial charge in [0.15, 0.2) is 0 Å². The van der Waals surface area contributed by atoms with Crippen LogP contribution in [0.15, 0.2) is 15.2 Å². The van der Waals surface area contributed by atoms with E-state index in [1.54, 1.807) is 11.3 Å². The first-order valence-electron chi connectivity index (χ1n) is 4.13. The van der Waals surface area contributed by atoms with Crippen molar-refractivity contribution in [1.29, 1.82) is 0 Å². The molecule has 1 aliphatic carbocycles. The van der Waals surface area contributed by atoms with Gasteiger partial charge in [-0.05, 0) is 52.1 Å². The lowest BCUT2D eigenvalue weighted by Gasteiger charge is -2.06. The number of hydrogen-bond donors (Lipinski definition) is 0. The maximum Gasteiger partial charge on any atom is 0.0317 e. The molecule has 2 unspecified atom stereocenters. The minimum Gasteiger partial charge on any atom is -0.151 e. The van der Waals surface area contributed by atoms with Gasteiger partial charge in [0.25, 0.3) is 0 Å². The number of rotatable bonds is 1. The van der Waals surface area contributed by atoms with Gasteiger partial charge in [-0.2, -0.15) is 11.3 Å². The molecule has 1 heterocycles. The van der Waals surface area contributed by atoms with Crippen LogP contribution in [0, 0.1) is 0 Å². The van der Waals surface area contributed by atoms with Gasteiger partial charge in [-0.15, -0.1) is 0 Å².